The van der Waals surface area contributed by atoms with Crippen LogP contribution in [-0.2, 0) is 17.9 Å². The Labute approximate surface area is 175 Å². The van der Waals surface area contributed by atoms with E-state index in [9.17, 15) is 4.79 Å². The van der Waals surface area contributed by atoms with Gasteiger partial charge in [-0.25, -0.2) is 4.98 Å². The van der Waals surface area contributed by atoms with Crippen molar-refractivity contribution >= 4 is 27.5 Å². The summed E-state index contributed by atoms with van der Waals surface area (Å²) in [5.74, 6) is 1.50. The average molecular weight is 414 g/mol. The summed E-state index contributed by atoms with van der Waals surface area (Å²) in [6.07, 6.45) is 0. The predicted octanol–water partition coefficient (Wildman–Crippen LogP) is 3.79. The number of para-hydroxylation sites is 1. The second kappa shape index (κ2) is 9.71. The number of ether oxygens (including phenoxy) is 2. The van der Waals surface area contributed by atoms with Crippen molar-refractivity contribution in [3.8, 4) is 11.5 Å². The molecule has 154 valence electrons. The van der Waals surface area contributed by atoms with Crippen LogP contribution in [0.15, 0.2) is 42.5 Å². The van der Waals surface area contributed by atoms with Gasteiger partial charge in [0.05, 0.1) is 37.0 Å². The standard InChI is InChI=1S/C22H27N3O3S/c1-5-28-18-11-10-16(12-19(18)27-4)13-24(2)15-22(26)25(3)14-21-23-17-8-6-7-9-20(17)29-21/h6-12H,5,13-15H2,1-4H3. The number of nitrogens with zero attached hydrogens (tertiary/aromatic N) is 3. The molecule has 0 atom stereocenters. The van der Waals surface area contributed by atoms with Crippen molar-refractivity contribution in [3.05, 3.63) is 53.0 Å². The second-order valence-electron chi connectivity index (χ2n) is 6.92. The summed E-state index contributed by atoms with van der Waals surface area (Å²) in [6, 6.07) is 13.9. The zero-order valence-electron chi connectivity index (χ0n) is 17.3. The number of thiazole rings is 1. The molecule has 0 aliphatic carbocycles. The van der Waals surface area contributed by atoms with E-state index in [1.807, 2.05) is 62.3 Å². The van der Waals surface area contributed by atoms with Crippen molar-refractivity contribution in [2.45, 2.75) is 20.0 Å². The third-order valence-electron chi connectivity index (χ3n) is 4.52. The van der Waals surface area contributed by atoms with E-state index in [1.54, 1.807) is 23.3 Å². The van der Waals surface area contributed by atoms with Crippen LogP contribution in [0.4, 0.5) is 0 Å². The second-order valence-corrected chi connectivity index (χ2v) is 8.03. The van der Waals surface area contributed by atoms with Crippen molar-refractivity contribution < 1.29 is 14.3 Å². The van der Waals surface area contributed by atoms with Gasteiger partial charge in [-0.1, -0.05) is 18.2 Å². The first-order valence-electron chi connectivity index (χ1n) is 9.56. The Balaban J connectivity index is 1.56. The van der Waals surface area contributed by atoms with Gasteiger partial charge < -0.3 is 14.4 Å². The number of aromatic nitrogens is 1. The zero-order chi connectivity index (χ0) is 20.8. The van der Waals surface area contributed by atoms with Gasteiger partial charge in [0.25, 0.3) is 0 Å². The van der Waals surface area contributed by atoms with E-state index < -0.39 is 0 Å². The molecule has 0 saturated carbocycles. The number of benzene rings is 2. The van der Waals surface area contributed by atoms with Gasteiger partial charge in [-0.2, -0.15) is 0 Å². The van der Waals surface area contributed by atoms with Crippen LogP contribution in [0.25, 0.3) is 10.2 Å². The smallest absolute Gasteiger partial charge is 0.236 e. The highest BCUT2D eigenvalue weighted by atomic mass is 32.1. The number of rotatable bonds is 9. The maximum atomic E-state index is 12.6. The molecule has 0 unspecified atom stereocenters. The van der Waals surface area contributed by atoms with Crippen LogP contribution >= 0.6 is 11.3 Å². The minimum atomic E-state index is 0.0599. The predicted molar refractivity (Wildman–Crippen MR) is 117 cm³/mol. The van der Waals surface area contributed by atoms with Crippen molar-refractivity contribution in [3.63, 3.8) is 0 Å². The molecule has 2 aromatic carbocycles. The number of carbonyl (C=O) groups excluding carboxylic acids is 1. The van der Waals surface area contributed by atoms with Gasteiger partial charge >= 0.3 is 0 Å². The molecule has 0 bridgehead atoms. The Bertz CT molecular complexity index is 940. The number of amides is 1. The molecule has 0 N–H and O–H groups in total. The summed E-state index contributed by atoms with van der Waals surface area (Å²) >= 11 is 1.63. The van der Waals surface area contributed by atoms with E-state index >= 15 is 0 Å². The number of hydrogen-bond acceptors (Lipinski definition) is 6. The van der Waals surface area contributed by atoms with Gasteiger partial charge in [-0.3, -0.25) is 9.69 Å². The minimum absolute atomic E-state index is 0.0599. The third-order valence-corrected chi connectivity index (χ3v) is 5.54. The van der Waals surface area contributed by atoms with Gasteiger partial charge in [0.1, 0.15) is 5.01 Å². The summed E-state index contributed by atoms with van der Waals surface area (Å²) in [5.41, 5.74) is 2.05. The molecule has 29 heavy (non-hydrogen) atoms. The van der Waals surface area contributed by atoms with Gasteiger partial charge in [0.2, 0.25) is 5.91 Å². The summed E-state index contributed by atoms with van der Waals surface area (Å²) < 4.78 is 12.1. The molecule has 1 heterocycles. The fraction of sp³-hybridized carbons (Fsp3) is 0.364. The SMILES string of the molecule is CCOc1ccc(CN(C)CC(=O)N(C)Cc2nc3ccccc3s2)cc1OC. The van der Waals surface area contributed by atoms with E-state index in [-0.39, 0.29) is 5.91 Å². The zero-order valence-corrected chi connectivity index (χ0v) is 18.2. The lowest BCUT2D eigenvalue weighted by molar-refractivity contribution is -0.131. The molecule has 7 heteroatoms. The van der Waals surface area contributed by atoms with Gasteiger partial charge in [-0.05, 0) is 43.8 Å². The van der Waals surface area contributed by atoms with Crippen molar-refractivity contribution in [2.24, 2.45) is 0 Å². The van der Waals surface area contributed by atoms with E-state index in [1.165, 1.54) is 0 Å². The van der Waals surface area contributed by atoms with Crippen LogP contribution in [0.3, 0.4) is 0 Å². The molecule has 0 fully saturated rings. The first-order valence-corrected chi connectivity index (χ1v) is 10.4. The average Bonchev–Trinajstić information content (AvgIpc) is 3.11. The van der Waals surface area contributed by atoms with Crippen LogP contribution < -0.4 is 9.47 Å². The van der Waals surface area contributed by atoms with E-state index in [0.717, 1.165) is 26.5 Å². The first kappa shape index (κ1) is 21.1. The Hall–Kier alpha value is -2.64. The molecule has 3 rings (SSSR count). The van der Waals surface area contributed by atoms with E-state index in [4.69, 9.17) is 9.47 Å². The molecule has 0 aliphatic rings. The summed E-state index contributed by atoms with van der Waals surface area (Å²) in [6.45, 7) is 4.02. The number of fused-ring (bicyclic) bond motifs is 1. The topological polar surface area (TPSA) is 54.9 Å². The molecule has 1 amide bonds. The molecular formula is C22H27N3O3S. The lowest BCUT2D eigenvalue weighted by atomic mass is 10.2. The van der Waals surface area contributed by atoms with Crippen molar-refractivity contribution in [2.75, 3.05) is 34.4 Å². The first-order chi connectivity index (χ1) is 14.0. The summed E-state index contributed by atoms with van der Waals surface area (Å²) in [4.78, 5) is 21.0. The molecule has 3 aromatic rings. The largest absolute Gasteiger partial charge is 0.493 e. The van der Waals surface area contributed by atoms with Gasteiger partial charge in [0.15, 0.2) is 11.5 Å². The fourth-order valence-electron chi connectivity index (χ4n) is 3.08. The number of carbonyl (C=O) groups is 1. The van der Waals surface area contributed by atoms with Crippen LogP contribution in [0, 0.1) is 0 Å². The van der Waals surface area contributed by atoms with E-state index in [0.29, 0.717) is 32.0 Å². The molecule has 1 aromatic heterocycles. The van der Waals surface area contributed by atoms with E-state index in [2.05, 4.69) is 11.1 Å². The van der Waals surface area contributed by atoms with Crippen molar-refractivity contribution in [1.82, 2.24) is 14.8 Å². The number of likely N-dealkylation sites (N-methyl/N-ethyl adjacent to an activating group) is 2. The molecule has 0 saturated heterocycles. The van der Waals surface area contributed by atoms with Gasteiger partial charge in [0, 0.05) is 13.6 Å². The maximum Gasteiger partial charge on any atom is 0.236 e. The lowest BCUT2D eigenvalue weighted by Gasteiger charge is -2.21. The molecular weight excluding hydrogens is 386 g/mol. The monoisotopic (exact) mass is 413 g/mol. The molecule has 0 radical (unpaired) electrons. The van der Waals surface area contributed by atoms with Crippen molar-refractivity contribution in [1.29, 1.82) is 0 Å². The Morgan fingerprint density at radius 3 is 2.62 bits per heavy atom. The highest BCUT2D eigenvalue weighted by Gasteiger charge is 2.15. The highest BCUT2D eigenvalue weighted by molar-refractivity contribution is 7.18. The van der Waals surface area contributed by atoms with Crippen LogP contribution in [0.1, 0.15) is 17.5 Å². The van der Waals surface area contributed by atoms with Crippen LogP contribution in [-0.4, -0.2) is 55.0 Å². The number of methoxy groups -OCH3 is 1. The van der Waals surface area contributed by atoms with Gasteiger partial charge in [-0.15, -0.1) is 11.3 Å². The Kier molecular flexibility index (Phi) is 7.06. The summed E-state index contributed by atoms with van der Waals surface area (Å²) in [7, 11) is 5.39. The maximum absolute atomic E-state index is 12.6. The fourth-order valence-corrected chi connectivity index (χ4v) is 4.10. The molecule has 0 spiro atoms. The van der Waals surface area contributed by atoms with Crippen LogP contribution in [0.5, 0.6) is 11.5 Å². The summed E-state index contributed by atoms with van der Waals surface area (Å²) in [5, 5.41) is 0.945. The Morgan fingerprint density at radius 1 is 1.10 bits per heavy atom. The minimum Gasteiger partial charge on any atom is -0.493 e. The quantitative estimate of drug-likeness (QED) is 0.534. The Morgan fingerprint density at radius 2 is 1.90 bits per heavy atom. The third kappa shape index (κ3) is 5.46. The normalized spacial score (nSPS) is 11.1. The lowest BCUT2D eigenvalue weighted by Crippen LogP contribution is -2.36. The molecule has 6 nitrogen and oxygen atoms in total. The molecule has 0 aliphatic heterocycles. The highest BCUT2D eigenvalue weighted by Crippen LogP contribution is 2.28. The number of hydrogen-bond donors (Lipinski definition) is 0. The van der Waals surface area contributed by atoms with Crippen LogP contribution in [0.2, 0.25) is 0 Å².